The van der Waals surface area contributed by atoms with Crippen molar-refractivity contribution in [3.8, 4) is 0 Å². The van der Waals surface area contributed by atoms with Crippen LogP contribution in [0.1, 0.15) is 17.4 Å². The summed E-state index contributed by atoms with van der Waals surface area (Å²) in [5.74, 6) is -1.35. The molecule has 0 saturated carbocycles. The van der Waals surface area contributed by atoms with Crippen LogP contribution in [-0.2, 0) is 9.53 Å². The summed E-state index contributed by atoms with van der Waals surface area (Å²) in [6.07, 6.45) is 0.534. The van der Waals surface area contributed by atoms with E-state index < -0.39 is 24.0 Å². The molecule has 3 heterocycles. The number of rotatable bonds is 3. The monoisotopic (exact) mass is 342 g/mol. The van der Waals surface area contributed by atoms with Gasteiger partial charge in [0, 0.05) is 24.7 Å². The van der Waals surface area contributed by atoms with Crippen LogP contribution in [0, 0.1) is 0 Å². The van der Waals surface area contributed by atoms with E-state index >= 15 is 0 Å². The first-order valence-corrected chi connectivity index (χ1v) is 7.66. The molecule has 116 valence electrons. The summed E-state index contributed by atoms with van der Waals surface area (Å²) in [7, 11) is 0. The van der Waals surface area contributed by atoms with E-state index in [1.54, 1.807) is 11.6 Å². The molecule has 0 aromatic carbocycles. The third-order valence-electron chi connectivity index (χ3n) is 3.17. The second kappa shape index (κ2) is 5.58. The van der Waals surface area contributed by atoms with E-state index in [2.05, 4.69) is 10.3 Å². The van der Waals surface area contributed by atoms with Crippen LogP contribution >= 0.6 is 22.9 Å². The summed E-state index contributed by atoms with van der Waals surface area (Å²) < 4.78 is 6.62. The molecule has 2 aromatic heterocycles. The number of amides is 3. The standard InChI is InChI=1S/C12H11ClN4O4S/c1-6(9(18)17-3-2-14-11(17)20)21-10(19)7-8(13)15-12-16(7)4-5-22-12/h4-6H,2-3H2,1H3,(H,14,20)/t6-/m0/s1. The maximum Gasteiger partial charge on any atom is 0.359 e. The molecule has 22 heavy (non-hydrogen) atoms. The molecule has 1 atom stereocenters. The molecule has 0 unspecified atom stereocenters. The van der Waals surface area contributed by atoms with Crippen LogP contribution in [0.25, 0.3) is 4.96 Å². The first-order chi connectivity index (χ1) is 10.5. The average Bonchev–Trinajstić information content (AvgIpc) is 3.13. The quantitative estimate of drug-likeness (QED) is 0.844. The van der Waals surface area contributed by atoms with Gasteiger partial charge in [0.1, 0.15) is 0 Å². The van der Waals surface area contributed by atoms with Gasteiger partial charge in [-0.1, -0.05) is 11.6 Å². The van der Waals surface area contributed by atoms with Gasteiger partial charge in [0.05, 0.1) is 0 Å². The predicted molar refractivity (Wildman–Crippen MR) is 78.1 cm³/mol. The Hall–Kier alpha value is -2.13. The molecule has 1 N–H and O–H groups in total. The van der Waals surface area contributed by atoms with Crippen molar-refractivity contribution in [2.45, 2.75) is 13.0 Å². The Kier molecular flexibility index (Phi) is 3.75. The van der Waals surface area contributed by atoms with E-state index in [-0.39, 0.29) is 17.4 Å². The van der Waals surface area contributed by atoms with Gasteiger partial charge in [0.2, 0.25) is 0 Å². The van der Waals surface area contributed by atoms with Crippen LogP contribution in [0.3, 0.4) is 0 Å². The molecule has 10 heteroatoms. The molecule has 3 amide bonds. The zero-order chi connectivity index (χ0) is 15.9. The molecule has 3 rings (SSSR count). The number of imidazole rings is 1. The molecular weight excluding hydrogens is 332 g/mol. The van der Waals surface area contributed by atoms with Gasteiger partial charge in [-0.2, -0.15) is 0 Å². The summed E-state index contributed by atoms with van der Waals surface area (Å²) in [4.78, 5) is 41.3. The highest BCUT2D eigenvalue weighted by atomic mass is 35.5. The number of aromatic nitrogens is 2. The molecule has 1 aliphatic heterocycles. The SMILES string of the molecule is C[C@H](OC(=O)c1c(Cl)nc2sccn12)C(=O)N1CCNC1=O. The third kappa shape index (κ3) is 2.42. The number of halogens is 1. The van der Waals surface area contributed by atoms with Crippen LogP contribution < -0.4 is 5.32 Å². The Labute approximate surface area is 133 Å². The van der Waals surface area contributed by atoms with Crippen molar-refractivity contribution in [3.63, 3.8) is 0 Å². The Balaban J connectivity index is 1.76. The van der Waals surface area contributed by atoms with Gasteiger partial charge in [-0.3, -0.25) is 14.1 Å². The maximum absolute atomic E-state index is 12.2. The fourth-order valence-corrected chi connectivity index (χ4v) is 3.12. The van der Waals surface area contributed by atoms with Crippen LogP contribution in [0.15, 0.2) is 11.6 Å². The molecule has 0 spiro atoms. The fraction of sp³-hybridized carbons (Fsp3) is 0.333. The number of nitrogens with zero attached hydrogens (tertiary/aromatic N) is 3. The van der Waals surface area contributed by atoms with Gasteiger partial charge in [0.15, 0.2) is 21.9 Å². The number of fused-ring (bicyclic) bond motifs is 1. The molecule has 0 radical (unpaired) electrons. The summed E-state index contributed by atoms with van der Waals surface area (Å²) in [6, 6.07) is -0.490. The Morgan fingerprint density at radius 3 is 3.00 bits per heavy atom. The van der Waals surface area contributed by atoms with Crippen LogP contribution in [0.5, 0.6) is 0 Å². The Morgan fingerprint density at radius 1 is 1.55 bits per heavy atom. The largest absolute Gasteiger partial charge is 0.448 e. The van der Waals surface area contributed by atoms with Crippen LogP contribution in [-0.4, -0.2) is 51.4 Å². The molecule has 1 aliphatic rings. The lowest BCUT2D eigenvalue weighted by molar-refractivity contribution is -0.136. The van der Waals surface area contributed by atoms with E-state index in [4.69, 9.17) is 16.3 Å². The number of ether oxygens (including phenoxy) is 1. The van der Waals surface area contributed by atoms with Gasteiger partial charge in [0.25, 0.3) is 5.91 Å². The van der Waals surface area contributed by atoms with E-state index in [0.717, 1.165) is 4.90 Å². The molecule has 1 saturated heterocycles. The van der Waals surface area contributed by atoms with Crippen molar-refractivity contribution in [1.82, 2.24) is 19.6 Å². The molecule has 2 aromatic rings. The van der Waals surface area contributed by atoms with Gasteiger partial charge in [-0.25, -0.2) is 14.6 Å². The first-order valence-electron chi connectivity index (χ1n) is 6.40. The molecule has 0 aliphatic carbocycles. The second-order valence-corrected chi connectivity index (χ2v) is 5.81. The summed E-state index contributed by atoms with van der Waals surface area (Å²) in [6.45, 7) is 2.04. The number of imide groups is 1. The third-order valence-corrected chi connectivity index (χ3v) is 4.19. The minimum absolute atomic E-state index is 0.00964. The topological polar surface area (TPSA) is 93.0 Å². The zero-order valence-corrected chi connectivity index (χ0v) is 13.0. The highest BCUT2D eigenvalue weighted by molar-refractivity contribution is 7.15. The number of carbonyl (C=O) groups is 3. The number of carbonyl (C=O) groups excluding carboxylic acids is 3. The Morgan fingerprint density at radius 2 is 2.32 bits per heavy atom. The summed E-state index contributed by atoms with van der Waals surface area (Å²) >= 11 is 7.25. The minimum atomic E-state index is -1.10. The van der Waals surface area contributed by atoms with Gasteiger partial charge in [-0.05, 0) is 6.92 Å². The number of esters is 1. The van der Waals surface area contributed by atoms with Crippen molar-refractivity contribution >= 4 is 45.8 Å². The molecular formula is C12H11ClN4O4S. The van der Waals surface area contributed by atoms with Crippen LogP contribution in [0.4, 0.5) is 4.79 Å². The second-order valence-electron chi connectivity index (χ2n) is 4.58. The van der Waals surface area contributed by atoms with E-state index in [1.807, 2.05) is 0 Å². The van der Waals surface area contributed by atoms with Gasteiger partial charge < -0.3 is 10.1 Å². The van der Waals surface area contributed by atoms with Crippen LogP contribution in [0.2, 0.25) is 5.15 Å². The lowest BCUT2D eigenvalue weighted by Crippen LogP contribution is -2.41. The predicted octanol–water partition coefficient (Wildman–Crippen LogP) is 1.15. The van der Waals surface area contributed by atoms with E-state index in [1.165, 1.54) is 22.7 Å². The number of hydrogen-bond donors (Lipinski definition) is 1. The average molecular weight is 343 g/mol. The number of thiazole rings is 1. The lowest BCUT2D eigenvalue weighted by atomic mass is 10.3. The zero-order valence-electron chi connectivity index (χ0n) is 11.4. The lowest BCUT2D eigenvalue weighted by Gasteiger charge is -2.17. The van der Waals surface area contributed by atoms with Crippen molar-refractivity contribution < 1.29 is 19.1 Å². The maximum atomic E-state index is 12.2. The van der Waals surface area contributed by atoms with Crippen molar-refractivity contribution in [1.29, 1.82) is 0 Å². The summed E-state index contributed by atoms with van der Waals surface area (Å²) in [5.41, 5.74) is 0.0587. The fourth-order valence-electron chi connectivity index (χ4n) is 2.11. The minimum Gasteiger partial charge on any atom is -0.448 e. The molecule has 8 nitrogen and oxygen atoms in total. The molecule has 1 fully saturated rings. The van der Waals surface area contributed by atoms with E-state index in [9.17, 15) is 14.4 Å². The van der Waals surface area contributed by atoms with Crippen molar-refractivity contribution in [3.05, 3.63) is 22.4 Å². The highest BCUT2D eigenvalue weighted by Crippen LogP contribution is 2.22. The Bertz CT molecular complexity index is 770. The number of hydrogen-bond acceptors (Lipinski definition) is 6. The van der Waals surface area contributed by atoms with Crippen molar-refractivity contribution in [2.24, 2.45) is 0 Å². The van der Waals surface area contributed by atoms with Crippen molar-refractivity contribution in [2.75, 3.05) is 13.1 Å². The first kappa shape index (κ1) is 14.8. The highest BCUT2D eigenvalue weighted by Gasteiger charge is 2.32. The number of nitrogens with one attached hydrogen (secondary N) is 1. The molecule has 0 bridgehead atoms. The van der Waals surface area contributed by atoms with Gasteiger partial charge in [-0.15, -0.1) is 11.3 Å². The number of urea groups is 1. The smallest absolute Gasteiger partial charge is 0.359 e. The normalized spacial score (nSPS) is 15.9. The van der Waals surface area contributed by atoms with E-state index in [0.29, 0.717) is 11.5 Å². The van der Waals surface area contributed by atoms with Gasteiger partial charge >= 0.3 is 12.0 Å². The summed E-state index contributed by atoms with van der Waals surface area (Å²) in [5, 5.41) is 4.27.